The SMILES string of the molecule is O=C(O)/C=C/c1ccc(-c2ccc(Cl)c(Cl)c2)[nH]c1=O. The molecule has 0 amide bonds. The number of carbonyl (C=O) groups is 1. The minimum absolute atomic E-state index is 0.260. The molecule has 0 bridgehead atoms. The van der Waals surface area contributed by atoms with Crippen molar-refractivity contribution in [1.82, 2.24) is 4.98 Å². The summed E-state index contributed by atoms with van der Waals surface area (Å²) in [6.45, 7) is 0. The van der Waals surface area contributed by atoms with E-state index in [9.17, 15) is 9.59 Å². The van der Waals surface area contributed by atoms with E-state index in [2.05, 4.69) is 4.98 Å². The molecule has 102 valence electrons. The number of carboxylic acid groups (broad SMARTS) is 1. The molecule has 20 heavy (non-hydrogen) atoms. The molecule has 1 heterocycles. The predicted molar refractivity (Wildman–Crippen MR) is 79.2 cm³/mol. The second kappa shape index (κ2) is 5.94. The number of hydrogen-bond donors (Lipinski definition) is 2. The van der Waals surface area contributed by atoms with Crippen molar-refractivity contribution in [2.45, 2.75) is 0 Å². The van der Waals surface area contributed by atoms with Gasteiger partial charge in [-0.2, -0.15) is 0 Å². The molecule has 0 aliphatic carbocycles. The van der Waals surface area contributed by atoms with E-state index >= 15 is 0 Å². The Hall–Kier alpha value is -2.04. The third-order valence-electron chi connectivity index (χ3n) is 2.58. The van der Waals surface area contributed by atoms with E-state index in [4.69, 9.17) is 28.3 Å². The van der Waals surface area contributed by atoms with Crippen LogP contribution in [0.5, 0.6) is 0 Å². The summed E-state index contributed by atoms with van der Waals surface area (Å²) < 4.78 is 0. The third kappa shape index (κ3) is 3.29. The summed E-state index contributed by atoms with van der Waals surface area (Å²) in [4.78, 5) is 24.9. The molecule has 0 fully saturated rings. The van der Waals surface area contributed by atoms with Crippen LogP contribution in [0.3, 0.4) is 0 Å². The van der Waals surface area contributed by atoms with E-state index in [1.165, 1.54) is 12.1 Å². The van der Waals surface area contributed by atoms with Crippen LogP contribution in [0.2, 0.25) is 10.0 Å². The Kier molecular flexibility index (Phi) is 4.27. The van der Waals surface area contributed by atoms with Gasteiger partial charge in [-0.3, -0.25) is 4.79 Å². The number of benzene rings is 1. The van der Waals surface area contributed by atoms with Crippen molar-refractivity contribution in [3.05, 3.63) is 62.4 Å². The quantitative estimate of drug-likeness (QED) is 0.853. The van der Waals surface area contributed by atoms with Crippen molar-refractivity contribution >= 4 is 35.2 Å². The molecule has 1 aromatic carbocycles. The first kappa shape index (κ1) is 14.4. The fourth-order valence-electron chi connectivity index (χ4n) is 1.61. The number of hydrogen-bond acceptors (Lipinski definition) is 2. The number of aromatic amines is 1. The Bertz CT molecular complexity index is 750. The number of rotatable bonds is 3. The molecule has 2 N–H and O–H groups in total. The van der Waals surface area contributed by atoms with Crippen molar-refractivity contribution in [3.63, 3.8) is 0 Å². The van der Waals surface area contributed by atoms with Crippen LogP contribution in [0, 0.1) is 0 Å². The first-order chi connectivity index (χ1) is 9.47. The van der Waals surface area contributed by atoms with Crippen molar-refractivity contribution in [1.29, 1.82) is 0 Å². The van der Waals surface area contributed by atoms with Gasteiger partial charge in [0, 0.05) is 17.3 Å². The predicted octanol–water partition coefficient (Wildman–Crippen LogP) is 3.45. The summed E-state index contributed by atoms with van der Waals surface area (Å²) in [7, 11) is 0. The van der Waals surface area contributed by atoms with E-state index in [0.29, 0.717) is 21.3 Å². The van der Waals surface area contributed by atoms with Gasteiger partial charge in [-0.25, -0.2) is 4.79 Å². The molecule has 0 spiro atoms. The molecule has 2 rings (SSSR count). The van der Waals surface area contributed by atoms with Gasteiger partial charge in [0.15, 0.2) is 0 Å². The van der Waals surface area contributed by atoms with Crippen LogP contribution < -0.4 is 5.56 Å². The highest BCUT2D eigenvalue weighted by Gasteiger charge is 2.04. The highest BCUT2D eigenvalue weighted by atomic mass is 35.5. The maximum absolute atomic E-state index is 11.8. The molecule has 0 aliphatic rings. The fourth-order valence-corrected chi connectivity index (χ4v) is 1.91. The Morgan fingerprint density at radius 3 is 2.50 bits per heavy atom. The molecule has 0 saturated carbocycles. The summed E-state index contributed by atoms with van der Waals surface area (Å²) in [6, 6.07) is 8.21. The molecule has 0 aliphatic heterocycles. The highest BCUT2D eigenvalue weighted by molar-refractivity contribution is 6.42. The van der Waals surface area contributed by atoms with Crippen LogP contribution in [-0.4, -0.2) is 16.1 Å². The van der Waals surface area contributed by atoms with E-state index < -0.39 is 5.97 Å². The molecular weight excluding hydrogens is 301 g/mol. The Morgan fingerprint density at radius 1 is 1.15 bits per heavy atom. The van der Waals surface area contributed by atoms with Gasteiger partial charge in [-0.05, 0) is 35.9 Å². The molecule has 2 aromatic rings. The molecule has 1 aromatic heterocycles. The molecule has 0 saturated heterocycles. The lowest BCUT2D eigenvalue weighted by Gasteiger charge is -2.04. The standard InChI is InChI=1S/C14H9Cl2NO3/c15-10-4-1-9(7-11(10)16)12-5-2-8(14(20)17-12)3-6-13(18)19/h1-7H,(H,17,20)(H,18,19)/b6-3+. The minimum atomic E-state index is -1.11. The van der Waals surface area contributed by atoms with Gasteiger partial charge in [0.1, 0.15) is 0 Å². The van der Waals surface area contributed by atoms with Crippen LogP contribution in [0.4, 0.5) is 0 Å². The zero-order chi connectivity index (χ0) is 14.7. The van der Waals surface area contributed by atoms with Crippen LogP contribution in [0.15, 0.2) is 41.2 Å². The average Bonchev–Trinajstić information content (AvgIpc) is 2.40. The maximum Gasteiger partial charge on any atom is 0.328 e. The number of aliphatic carboxylic acids is 1. The van der Waals surface area contributed by atoms with E-state index in [-0.39, 0.29) is 11.1 Å². The number of pyridine rings is 1. The number of aromatic nitrogens is 1. The van der Waals surface area contributed by atoms with Crippen molar-refractivity contribution in [3.8, 4) is 11.3 Å². The van der Waals surface area contributed by atoms with Crippen LogP contribution >= 0.6 is 23.2 Å². The Labute approximate surface area is 124 Å². The average molecular weight is 310 g/mol. The van der Waals surface area contributed by atoms with Gasteiger partial charge < -0.3 is 10.1 Å². The molecular formula is C14H9Cl2NO3. The summed E-state index contributed by atoms with van der Waals surface area (Å²) in [5.74, 6) is -1.11. The fraction of sp³-hybridized carbons (Fsp3) is 0. The summed E-state index contributed by atoms with van der Waals surface area (Å²) in [5.41, 5.74) is 1.16. The van der Waals surface area contributed by atoms with Crippen LogP contribution in [0.1, 0.15) is 5.56 Å². The number of H-pyrrole nitrogens is 1. The van der Waals surface area contributed by atoms with Crippen molar-refractivity contribution in [2.75, 3.05) is 0 Å². The third-order valence-corrected chi connectivity index (χ3v) is 3.32. The first-order valence-corrected chi connectivity index (χ1v) is 6.33. The molecule has 0 radical (unpaired) electrons. The lowest BCUT2D eigenvalue weighted by atomic mass is 10.1. The Balaban J connectivity index is 2.40. The van der Waals surface area contributed by atoms with Crippen LogP contribution in [-0.2, 0) is 4.79 Å². The second-order valence-electron chi connectivity index (χ2n) is 3.96. The molecule has 0 atom stereocenters. The Morgan fingerprint density at radius 2 is 1.90 bits per heavy atom. The highest BCUT2D eigenvalue weighted by Crippen LogP contribution is 2.27. The van der Waals surface area contributed by atoms with Crippen LogP contribution in [0.25, 0.3) is 17.3 Å². The monoisotopic (exact) mass is 309 g/mol. The minimum Gasteiger partial charge on any atom is -0.478 e. The maximum atomic E-state index is 11.8. The van der Waals surface area contributed by atoms with E-state index in [1.807, 2.05) is 0 Å². The lowest BCUT2D eigenvalue weighted by Crippen LogP contribution is -2.09. The van der Waals surface area contributed by atoms with Gasteiger partial charge in [0.2, 0.25) is 0 Å². The summed E-state index contributed by atoms with van der Waals surface area (Å²) in [6.07, 6.45) is 2.14. The summed E-state index contributed by atoms with van der Waals surface area (Å²) in [5, 5.41) is 9.35. The molecule has 6 heteroatoms. The number of halogens is 2. The zero-order valence-electron chi connectivity index (χ0n) is 10.1. The van der Waals surface area contributed by atoms with Gasteiger partial charge >= 0.3 is 5.97 Å². The first-order valence-electron chi connectivity index (χ1n) is 5.57. The van der Waals surface area contributed by atoms with Crippen molar-refractivity contribution in [2.24, 2.45) is 0 Å². The van der Waals surface area contributed by atoms with Crippen molar-refractivity contribution < 1.29 is 9.90 Å². The normalized spacial score (nSPS) is 10.9. The number of carboxylic acids is 1. The summed E-state index contributed by atoms with van der Waals surface area (Å²) >= 11 is 11.7. The molecule has 0 unspecified atom stereocenters. The second-order valence-corrected chi connectivity index (χ2v) is 4.77. The van der Waals surface area contributed by atoms with E-state index in [1.54, 1.807) is 24.3 Å². The largest absolute Gasteiger partial charge is 0.478 e. The lowest BCUT2D eigenvalue weighted by molar-refractivity contribution is -0.131. The zero-order valence-corrected chi connectivity index (χ0v) is 11.6. The van der Waals surface area contributed by atoms with Gasteiger partial charge in [0.05, 0.1) is 10.0 Å². The van der Waals surface area contributed by atoms with E-state index in [0.717, 1.165) is 6.08 Å². The van der Waals surface area contributed by atoms with Gasteiger partial charge in [-0.15, -0.1) is 0 Å². The molecule has 4 nitrogen and oxygen atoms in total. The number of nitrogens with one attached hydrogen (secondary N) is 1. The van der Waals surface area contributed by atoms with Gasteiger partial charge in [-0.1, -0.05) is 29.3 Å². The van der Waals surface area contributed by atoms with Gasteiger partial charge in [0.25, 0.3) is 5.56 Å². The topological polar surface area (TPSA) is 70.2 Å². The smallest absolute Gasteiger partial charge is 0.328 e.